The number of nitrogens with two attached hydrogens (primary N) is 1. The molecule has 1 aromatic carbocycles. The van der Waals surface area contributed by atoms with Crippen molar-refractivity contribution in [1.82, 2.24) is 15.2 Å². The lowest BCUT2D eigenvalue weighted by Gasteiger charge is -2.23. The third-order valence-corrected chi connectivity index (χ3v) is 3.53. The van der Waals surface area contributed by atoms with E-state index in [1.807, 2.05) is 0 Å². The Kier molecular flexibility index (Phi) is 6.45. The number of carbonyl (C=O) groups is 1. The lowest BCUT2D eigenvalue weighted by Crippen LogP contribution is -2.50. The second kappa shape index (κ2) is 8.60. The molecule has 14 heteroatoms. The summed E-state index contributed by atoms with van der Waals surface area (Å²) in [5.41, 5.74) is 5.86. The lowest BCUT2D eigenvalue weighted by molar-refractivity contribution is -0.384. The number of nitrogens with zero attached hydrogens (tertiary/aromatic N) is 4. The van der Waals surface area contributed by atoms with E-state index in [0.29, 0.717) is 10.7 Å². The van der Waals surface area contributed by atoms with Crippen LogP contribution >= 0.6 is 12.2 Å². The van der Waals surface area contributed by atoms with Gasteiger partial charge in [-0.05, 0) is 30.4 Å². The number of hydrogen-bond acceptors (Lipinski definition) is 5. The Hall–Kier alpha value is -3.29. The predicted molar refractivity (Wildman–Crippen MR) is 92.6 cm³/mol. The van der Waals surface area contributed by atoms with Gasteiger partial charge in [-0.1, -0.05) is 0 Å². The number of anilines is 1. The number of nitro groups is 1. The van der Waals surface area contributed by atoms with Crippen LogP contribution in [0.4, 0.5) is 28.9 Å². The molecule has 0 aliphatic rings. The highest BCUT2D eigenvalue weighted by atomic mass is 32.1. The first-order valence-electron chi connectivity index (χ1n) is 7.37. The molecule has 150 valence electrons. The van der Waals surface area contributed by atoms with Gasteiger partial charge in [0.25, 0.3) is 24.4 Å². The highest BCUT2D eigenvalue weighted by Crippen LogP contribution is 2.25. The smallest absolute Gasteiger partial charge is 0.282 e. The van der Waals surface area contributed by atoms with Crippen molar-refractivity contribution in [2.24, 2.45) is 5.73 Å². The van der Waals surface area contributed by atoms with E-state index < -0.39 is 41.6 Å². The van der Waals surface area contributed by atoms with Crippen molar-refractivity contribution < 1.29 is 27.3 Å². The maximum Gasteiger partial charge on any atom is 0.282 e. The van der Waals surface area contributed by atoms with Gasteiger partial charge in [-0.15, -0.1) is 0 Å². The van der Waals surface area contributed by atoms with Crippen LogP contribution in [0, 0.1) is 10.1 Å². The largest absolute Gasteiger partial charge is 0.374 e. The highest BCUT2D eigenvalue weighted by molar-refractivity contribution is 7.80. The van der Waals surface area contributed by atoms with Crippen LogP contribution in [-0.4, -0.2) is 25.7 Å². The first kappa shape index (κ1) is 21.0. The second-order valence-corrected chi connectivity index (χ2v) is 5.65. The summed E-state index contributed by atoms with van der Waals surface area (Å²) in [6, 6.07) is 5.24. The normalized spacial score (nSPS) is 10.9. The molecule has 1 amide bonds. The molecule has 0 fully saturated rings. The fourth-order valence-corrected chi connectivity index (χ4v) is 2.28. The van der Waals surface area contributed by atoms with Crippen LogP contribution < -0.4 is 16.2 Å². The standard InChI is InChI=1S/C14H12F4N6O3S/c15-12(16)9-5-10(13(17)18)22(20-9)6-11(25)21-23(14(19)28)7-1-3-8(4-2-7)24(26)27/h1-5,12-13H,6H2,(H2,19,28)(H,21,25). The Labute approximate surface area is 159 Å². The molecule has 0 atom stereocenters. The number of alkyl halides is 4. The van der Waals surface area contributed by atoms with E-state index in [2.05, 4.69) is 10.5 Å². The van der Waals surface area contributed by atoms with E-state index in [-0.39, 0.29) is 16.5 Å². The maximum absolute atomic E-state index is 13.0. The molecular weight excluding hydrogens is 408 g/mol. The van der Waals surface area contributed by atoms with Gasteiger partial charge in [-0.2, -0.15) is 5.10 Å². The molecule has 28 heavy (non-hydrogen) atoms. The van der Waals surface area contributed by atoms with Gasteiger partial charge in [0.2, 0.25) is 0 Å². The maximum atomic E-state index is 13.0. The molecule has 0 spiro atoms. The Morgan fingerprint density at radius 2 is 1.89 bits per heavy atom. The number of nitro benzene ring substituents is 1. The molecule has 9 nitrogen and oxygen atoms in total. The summed E-state index contributed by atoms with van der Waals surface area (Å²) in [6.45, 7) is -0.821. The number of amides is 1. The number of thiocarbonyl (C=S) groups is 1. The molecule has 2 aromatic rings. The van der Waals surface area contributed by atoms with Gasteiger partial charge in [-0.3, -0.25) is 25.0 Å². The van der Waals surface area contributed by atoms with Crippen molar-refractivity contribution in [3.05, 3.63) is 51.8 Å². The number of halogens is 4. The van der Waals surface area contributed by atoms with Crippen molar-refractivity contribution in [2.45, 2.75) is 19.4 Å². The fourth-order valence-electron chi connectivity index (χ4n) is 2.13. The molecule has 3 N–H and O–H groups in total. The average Bonchev–Trinajstić information content (AvgIpc) is 3.04. The molecule has 0 radical (unpaired) electrons. The molecule has 2 rings (SSSR count). The summed E-state index contributed by atoms with van der Waals surface area (Å²) in [6.07, 6.45) is -6.22. The Balaban J connectivity index is 2.19. The quantitative estimate of drug-likeness (QED) is 0.319. The van der Waals surface area contributed by atoms with E-state index >= 15 is 0 Å². The van der Waals surface area contributed by atoms with Gasteiger partial charge < -0.3 is 5.73 Å². The molecule has 0 bridgehead atoms. The SMILES string of the molecule is NC(=S)N(NC(=O)Cn1nc(C(F)F)cc1C(F)F)c1ccc([N+](=O)[O-])cc1. The molecule has 0 unspecified atom stereocenters. The minimum Gasteiger partial charge on any atom is -0.374 e. The number of non-ortho nitro benzene ring substituents is 1. The lowest BCUT2D eigenvalue weighted by atomic mass is 10.3. The first-order chi connectivity index (χ1) is 13.1. The van der Waals surface area contributed by atoms with Gasteiger partial charge in [0.05, 0.1) is 10.6 Å². The zero-order valence-electron chi connectivity index (χ0n) is 13.8. The number of nitrogens with one attached hydrogen (secondary N) is 1. The van der Waals surface area contributed by atoms with Crippen LogP contribution in [0.3, 0.4) is 0 Å². The van der Waals surface area contributed by atoms with Crippen LogP contribution in [0.5, 0.6) is 0 Å². The number of aromatic nitrogens is 2. The van der Waals surface area contributed by atoms with Crippen LogP contribution in [0.25, 0.3) is 0 Å². The van der Waals surface area contributed by atoms with Crippen LogP contribution in [0.15, 0.2) is 30.3 Å². The minimum absolute atomic E-state index is 0.147. The van der Waals surface area contributed by atoms with Crippen LogP contribution in [0.2, 0.25) is 0 Å². The van der Waals surface area contributed by atoms with Gasteiger partial charge in [0, 0.05) is 12.1 Å². The Morgan fingerprint density at radius 3 is 2.36 bits per heavy atom. The molecule has 1 aromatic heterocycles. The third kappa shape index (κ3) is 4.91. The van der Waals surface area contributed by atoms with Gasteiger partial charge in [0.1, 0.15) is 17.9 Å². The van der Waals surface area contributed by atoms with Crippen LogP contribution in [-0.2, 0) is 11.3 Å². The zero-order chi connectivity index (χ0) is 21.0. The number of hydrazine groups is 1. The Morgan fingerprint density at radius 1 is 1.29 bits per heavy atom. The summed E-state index contributed by atoms with van der Waals surface area (Å²) in [5.74, 6) is -0.947. The monoisotopic (exact) mass is 420 g/mol. The van der Waals surface area contributed by atoms with Gasteiger partial charge >= 0.3 is 0 Å². The minimum atomic E-state index is -3.13. The number of hydrogen-bond donors (Lipinski definition) is 2. The first-order valence-corrected chi connectivity index (χ1v) is 7.78. The van der Waals surface area contributed by atoms with Crippen LogP contribution in [0.1, 0.15) is 24.2 Å². The topological polar surface area (TPSA) is 119 Å². The molecular formula is C14H12F4N6O3S. The van der Waals surface area contributed by atoms with Crippen molar-refractivity contribution in [2.75, 3.05) is 5.01 Å². The summed E-state index contributed by atoms with van der Waals surface area (Å²) in [4.78, 5) is 22.2. The summed E-state index contributed by atoms with van der Waals surface area (Å²) in [7, 11) is 0. The Bertz CT molecular complexity index is 890. The fraction of sp³-hybridized carbons (Fsp3) is 0.214. The number of carbonyl (C=O) groups excluding carboxylic acids is 1. The zero-order valence-corrected chi connectivity index (χ0v) is 14.6. The van der Waals surface area contributed by atoms with Crippen molar-refractivity contribution in [3.63, 3.8) is 0 Å². The molecule has 1 heterocycles. The molecule has 0 saturated heterocycles. The van der Waals surface area contributed by atoms with Crippen molar-refractivity contribution in [3.8, 4) is 0 Å². The summed E-state index contributed by atoms with van der Waals surface area (Å²) < 4.78 is 51.7. The van der Waals surface area contributed by atoms with E-state index in [4.69, 9.17) is 18.0 Å². The molecule has 0 aliphatic carbocycles. The second-order valence-electron chi connectivity index (χ2n) is 5.24. The average molecular weight is 420 g/mol. The predicted octanol–water partition coefficient (Wildman–Crippen LogP) is 2.45. The molecule has 0 aliphatic heterocycles. The van der Waals surface area contributed by atoms with E-state index in [9.17, 15) is 32.5 Å². The molecule has 0 saturated carbocycles. The summed E-state index contributed by atoms with van der Waals surface area (Å²) in [5, 5.41) is 14.5. The van der Waals surface area contributed by atoms with Crippen molar-refractivity contribution >= 4 is 34.6 Å². The van der Waals surface area contributed by atoms with Gasteiger partial charge in [0.15, 0.2) is 5.11 Å². The number of rotatable bonds is 6. The van der Waals surface area contributed by atoms with E-state index in [1.54, 1.807) is 0 Å². The van der Waals surface area contributed by atoms with E-state index in [1.165, 1.54) is 12.1 Å². The van der Waals surface area contributed by atoms with Gasteiger partial charge in [-0.25, -0.2) is 22.6 Å². The third-order valence-electron chi connectivity index (χ3n) is 3.35. The summed E-state index contributed by atoms with van der Waals surface area (Å²) >= 11 is 4.79. The number of benzene rings is 1. The van der Waals surface area contributed by atoms with Crippen molar-refractivity contribution in [1.29, 1.82) is 0 Å². The highest BCUT2D eigenvalue weighted by Gasteiger charge is 2.23. The van der Waals surface area contributed by atoms with E-state index in [0.717, 1.165) is 17.1 Å².